The van der Waals surface area contributed by atoms with Crippen LogP contribution in [0.4, 0.5) is 35.1 Å². The summed E-state index contributed by atoms with van der Waals surface area (Å²) in [4.78, 5) is 6.55. The number of thiazole rings is 2. The third-order valence-corrected chi connectivity index (χ3v) is 7.44. The second kappa shape index (κ2) is 6.98. The number of alkyl halides is 8. The summed E-state index contributed by atoms with van der Waals surface area (Å²) in [7, 11) is 0. The van der Waals surface area contributed by atoms with Crippen LogP contribution in [-0.2, 0) is 12.8 Å². The Morgan fingerprint density at radius 2 is 0.933 bits per heavy atom. The summed E-state index contributed by atoms with van der Waals surface area (Å²) >= 11 is 1.02. The highest BCUT2D eigenvalue weighted by Gasteiger charge is 2.86. The fraction of sp³-hybridized carbons (Fsp3) is 0.556. The van der Waals surface area contributed by atoms with Crippen LogP contribution in [0.15, 0.2) is 0 Å². The highest BCUT2D eigenvalue weighted by atomic mass is 32.1. The van der Waals surface area contributed by atoms with Crippen LogP contribution in [0.1, 0.15) is 45.0 Å². The molecule has 0 aromatic carbocycles. The Kier molecular flexibility index (Phi) is 5.37. The van der Waals surface area contributed by atoms with E-state index in [4.69, 9.17) is 0 Å². The van der Waals surface area contributed by atoms with Crippen molar-refractivity contribution in [2.45, 2.75) is 64.2 Å². The average Bonchev–Trinajstić information content (AvgIpc) is 3.19. The number of aromatic nitrogens is 2. The molecule has 1 aliphatic rings. The maximum absolute atomic E-state index is 15.0. The van der Waals surface area contributed by atoms with Crippen molar-refractivity contribution in [3.63, 3.8) is 0 Å². The molecule has 1 aliphatic carbocycles. The van der Waals surface area contributed by atoms with Crippen molar-refractivity contribution in [1.82, 2.24) is 9.97 Å². The van der Waals surface area contributed by atoms with Crippen molar-refractivity contribution in [3.05, 3.63) is 31.2 Å². The Morgan fingerprint density at radius 1 is 0.633 bits per heavy atom. The van der Waals surface area contributed by atoms with Gasteiger partial charge in [0, 0.05) is 0 Å². The molecule has 2 nitrogen and oxygen atoms in total. The zero-order valence-electron chi connectivity index (χ0n) is 16.1. The van der Waals surface area contributed by atoms with E-state index in [0.717, 1.165) is 0 Å². The van der Waals surface area contributed by atoms with Crippen molar-refractivity contribution in [3.8, 4) is 0 Å². The molecule has 2 aromatic rings. The van der Waals surface area contributed by atoms with Gasteiger partial charge in [0.2, 0.25) is 0 Å². The smallest absolute Gasteiger partial charge is 0.246 e. The molecule has 0 unspecified atom stereocenters. The number of halogens is 8. The minimum atomic E-state index is -6.32. The first kappa shape index (κ1) is 23.1. The van der Waals surface area contributed by atoms with Crippen LogP contribution in [0.25, 0.3) is 11.1 Å². The number of rotatable bonds is 4. The number of nitrogens with zero attached hydrogens (tertiary/aromatic N) is 2. The second-order valence-corrected chi connectivity index (χ2v) is 8.97. The van der Waals surface area contributed by atoms with Gasteiger partial charge in [-0.25, -0.2) is 9.97 Å². The van der Waals surface area contributed by atoms with Gasteiger partial charge in [-0.05, 0) is 26.7 Å². The van der Waals surface area contributed by atoms with Crippen molar-refractivity contribution in [2.75, 3.05) is 0 Å². The molecule has 30 heavy (non-hydrogen) atoms. The van der Waals surface area contributed by atoms with Crippen LogP contribution < -0.4 is 0 Å². The SMILES string of the molecule is CCc1nc(C)c(C2=C(c3sc(CC)nc3C)C(F)(F)C(F)(F)C(F)(F)C2(F)F)s1. The maximum Gasteiger partial charge on any atom is 0.383 e. The molecule has 0 amide bonds. The standard InChI is InChI=1S/C18H16F8N2S2/c1-5-9-27-7(3)13(29-9)11-12(14-8(4)28-10(6-2)30-14)16(21,22)18(25,26)17(23,24)15(11,19)20/h5-6H2,1-4H3. The summed E-state index contributed by atoms with van der Waals surface area (Å²) in [6.07, 6.45) is 0.449. The lowest BCUT2D eigenvalue weighted by molar-refractivity contribution is -0.344. The third-order valence-electron chi connectivity index (χ3n) is 4.80. The number of allylic oxidation sites excluding steroid dienone is 2. The van der Waals surface area contributed by atoms with Gasteiger partial charge in [0.05, 0.1) is 42.3 Å². The van der Waals surface area contributed by atoms with Crippen LogP contribution in [-0.4, -0.2) is 33.7 Å². The summed E-state index contributed by atoms with van der Waals surface area (Å²) in [5, 5.41) is 0.453. The van der Waals surface area contributed by atoms with Gasteiger partial charge < -0.3 is 0 Å². The highest BCUT2D eigenvalue weighted by molar-refractivity contribution is 7.14. The van der Waals surface area contributed by atoms with Gasteiger partial charge in [-0.1, -0.05) is 13.8 Å². The molecule has 0 radical (unpaired) electrons. The third kappa shape index (κ3) is 2.85. The van der Waals surface area contributed by atoms with E-state index in [1.54, 1.807) is 13.8 Å². The molecule has 0 saturated carbocycles. The summed E-state index contributed by atoms with van der Waals surface area (Å²) in [5.41, 5.74) is -4.04. The van der Waals surface area contributed by atoms with Crippen molar-refractivity contribution < 1.29 is 35.1 Å². The molecule has 0 spiro atoms. The monoisotopic (exact) mass is 476 g/mol. The molecule has 0 fully saturated rings. The highest BCUT2D eigenvalue weighted by Crippen LogP contribution is 2.66. The molecule has 0 atom stereocenters. The molecule has 0 aliphatic heterocycles. The van der Waals surface area contributed by atoms with Crippen LogP contribution in [0.2, 0.25) is 0 Å². The molecular formula is C18H16F8N2S2. The van der Waals surface area contributed by atoms with E-state index in [1.807, 2.05) is 0 Å². The van der Waals surface area contributed by atoms with Crippen LogP contribution in [0.5, 0.6) is 0 Å². The fourth-order valence-corrected chi connectivity index (χ4v) is 5.38. The number of hydrogen-bond acceptors (Lipinski definition) is 4. The lowest BCUT2D eigenvalue weighted by Gasteiger charge is -2.43. The van der Waals surface area contributed by atoms with E-state index in [1.165, 1.54) is 13.8 Å². The van der Waals surface area contributed by atoms with Gasteiger partial charge in [0.25, 0.3) is 0 Å². The van der Waals surface area contributed by atoms with E-state index in [-0.39, 0.29) is 34.2 Å². The van der Waals surface area contributed by atoms with Crippen molar-refractivity contribution in [1.29, 1.82) is 0 Å². The number of aryl methyl sites for hydroxylation is 4. The Labute approximate surface area is 174 Å². The van der Waals surface area contributed by atoms with Gasteiger partial charge in [-0.2, -0.15) is 35.1 Å². The summed E-state index contributed by atoms with van der Waals surface area (Å²) in [5.74, 6) is -23.8. The Morgan fingerprint density at radius 3 is 1.17 bits per heavy atom. The Balaban J connectivity index is 2.54. The van der Waals surface area contributed by atoms with E-state index < -0.39 is 44.6 Å². The first-order valence-corrected chi connectivity index (χ1v) is 10.5. The molecule has 166 valence electrons. The second-order valence-electron chi connectivity index (χ2n) is 6.80. The molecule has 3 rings (SSSR count). The molecule has 12 heteroatoms. The molecule has 2 heterocycles. The van der Waals surface area contributed by atoms with E-state index in [0.29, 0.717) is 22.7 Å². The van der Waals surface area contributed by atoms with Crippen LogP contribution in [0.3, 0.4) is 0 Å². The first-order valence-electron chi connectivity index (χ1n) is 8.84. The largest absolute Gasteiger partial charge is 0.383 e. The molecule has 0 saturated heterocycles. The molecule has 0 N–H and O–H groups in total. The predicted molar refractivity (Wildman–Crippen MR) is 99.1 cm³/mol. The average molecular weight is 476 g/mol. The van der Waals surface area contributed by atoms with Gasteiger partial charge in [-0.15, -0.1) is 22.7 Å². The van der Waals surface area contributed by atoms with Crippen LogP contribution >= 0.6 is 22.7 Å². The summed E-state index contributed by atoms with van der Waals surface area (Å²) in [6.45, 7) is 5.58. The fourth-order valence-electron chi connectivity index (χ4n) is 3.21. The quantitative estimate of drug-likeness (QED) is 0.453. The lowest BCUT2D eigenvalue weighted by Crippen LogP contribution is -2.66. The topological polar surface area (TPSA) is 25.8 Å². The van der Waals surface area contributed by atoms with Gasteiger partial charge >= 0.3 is 23.7 Å². The summed E-state index contributed by atoms with van der Waals surface area (Å²) in [6, 6.07) is 0. The predicted octanol–water partition coefficient (Wildman–Crippen LogP) is 6.81. The first-order chi connectivity index (χ1) is 13.6. The molecule has 2 aromatic heterocycles. The van der Waals surface area contributed by atoms with Crippen molar-refractivity contribution in [2.24, 2.45) is 0 Å². The maximum atomic E-state index is 15.0. The van der Waals surface area contributed by atoms with Gasteiger partial charge in [0.1, 0.15) is 0 Å². The molecular weight excluding hydrogens is 460 g/mol. The van der Waals surface area contributed by atoms with E-state index in [9.17, 15) is 35.1 Å². The summed E-state index contributed by atoms with van der Waals surface area (Å²) < 4.78 is 117. The minimum Gasteiger partial charge on any atom is -0.246 e. The van der Waals surface area contributed by atoms with Crippen molar-refractivity contribution >= 4 is 33.8 Å². The van der Waals surface area contributed by atoms with Crippen LogP contribution in [0, 0.1) is 13.8 Å². The minimum absolute atomic E-state index is 0.210. The zero-order valence-corrected chi connectivity index (χ0v) is 17.8. The molecule has 0 bridgehead atoms. The van der Waals surface area contributed by atoms with E-state index in [2.05, 4.69) is 9.97 Å². The Hall–Kier alpha value is -1.56. The van der Waals surface area contributed by atoms with E-state index >= 15 is 0 Å². The van der Waals surface area contributed by atoms with Gasteiger partial charge in [0.15, 0.2) is 0 Å². The van der Waals surface area contributed by atoms with Gasteiger partial charge in [-0.3, -0.25) is 0 Å². The zero-order chi connectivity index (χ0) is 22.9. The number of hydrogen-bond donors (Lipinski definition) is 0. The normalized spacial score (nSPS) is 21.9. The Bertz CT molecular complexity index is 939. The lowest BCUT2D eigenvalue weighted by atomic mass is 9.78.